The first kappa shape index (κ1) is 9.45. The number of likely N-dealkylation sites (tertiary alicyclic amines) is 1. The molecule has 0 aromatic carbocycles. The SMILES string of the molecule is FC1CCCCN1C1CCCCC1. The number of nitrogens with zero attached hydrogens (tertiary/aromatic N) is 1. The Labute approximate surface area is 80.3 Å². The maximum atomic E-state index is 13.6. The summed E-state index contributed by atoms with van der Waals surface area (Å²) in [6, 6.07) is 0.573. The fourth-order valence-electron chi connectivity index (χ4n) is 2.74. The molecule has 2 aliphatic rings. The van der Waals surface area contributed by atoms with E-state index in [-0.39, 0.29) is 0 Å². The molecule has 2 rings (SSSR count). The van der Waals surface area contributed by atoms with E-state index in [2.05, 4.69) is 4.90 Å². The molecule has 1 aliphatic heterocycles. The van der Waals surface area contributed by atoms with Crippen LogP contribution in [0.1, 0.15) is 51.4 Å². The van der Waals surface area contributed by atoms with Crippen LogP contribution in [0.5, 0.6) is 0 Å². The van der Waals surface area contributed by atoms with E-state index in [1.54, 1.807) is 0 Å². The van der Waals surface area contributed by atoms with Gasteiger partial charge in [0.25, 0.3) is 0 Å². The second kappa shape index (κ2) is 4.41. The zero-order chi connectivity index (χ0) is 9.10. The summed E-state index contributed by atoms with van der Waals surface area (Å²) in [5.74, 6) is 0. The largest absolute Gasteiger partial charge is 0.271 e. The first-order chi connectivity index (χ1) is 6.38. The molecule has 2 fully saturated rings. The molecule has 0 spiro atoms. The second-order valence-corrected chi connectivity index (χ2v) is 4.46. The molecule has 2 heteroatoms. The lowest BCUT2D eigenvalue weighted by atomic mass is 9.92. The van der Waals surface area contributed by atoms with Crippen LogP contribution in [0.3, 0.4) is 0 Å². The summed E-state index contributed by atoms with van der Waals surface area (Å²) < 4.78 is 13.6. The van der Waals surface area contributed by atoms with E-state index in [9.17, 15) is 4.39 Å². The van der Waals surface area contributed by atoms with Crippen LogP contribution in [0.4, 0.5) is 4.39 Å². The molecular formula is C11H20FN. The summed E-state index contributed by atoms with van der Waals surface area (Å²) in [6.45, 7) is 1.01. The van der Waals surface area contributed by atoms with Gasteiger partial charge in [0.2, 0.25) is 0 Å². The van der Waals surface area contributed by atoms with Gasteiger partial charge in [0.15, 0.2) is 6.30 Å². The lowest BCUT2D eigenvalue weighted by molar-refractivity contribution is -0.00194. The molecule has 0 N–H and O–H groups in total. The second-order valence-electron chi connectivity index (χ2n) is 4.46. The molecule has 1 heterocycles. The van der Waals surface area contributed by atoms with Gasteiger partial charge >= 0.3 is 0 Å². The van der Waals surface area contributed by atoms with Gasteiger partial charge in [0, 0.05) is 12.6 Å². The third kappa shape index (κ3) is 2.22. The van der Waals surface area contributed by atoms with E-state index in [1.165, 1.54) is 38.5 Å². The molecule has 0 bridgehead atoms. The number of hydrogen-bond donors (Lipinski definition) is 0. The van der Waals surface area contributed by atoms with Gasteiger partial charge in [-0.15, -0.1) is 0 Å². The van der Waals surface area contributed by atoms with Crippen molar-refractivity contribution >= 4 is 0 Å². The monoisotopic (exact) mass is 185 g/mol. The average molecular weight is 185 g/mol. The number of halogens is 1. The highest BCUT2D eigenvalue weighted by Gasteiger charge is 2.29. The van der Waals surface area contributed by atoms with Crippen molar-refractivity contribution in [2.75, 3.05) is 6.54 Å². The third-order valence-corrected chi connectivity index (χ3v) is 3.51. The summed E-state index contributed by atoms with van der Waals surface area (Å²) in [5, 5.41) is 0. The van der Waals surface area contributed by atoms with Gasteiger partial charge in [0.1, 0.15) is 0 Å². The summed E-state index contributed by atoms with van der Waals surface area (Å²) in [7, 11) is 0. The normalized spacial score (nSPS) is 33.5. The number of rotatable bonds is 1. The van der Waals surface area contributed by atoms with Crippen LogP contribution in [0.2, 0.25) is 0 Å². The highest BCUT2D eigenvalue weighted by molar-refractivity contribution is 4.80. The molecule has 0 aromatic heterocycles. The van der Waals surface area contributed by atoms with E-state index < -0.39 is 6.30 Å². The van der Waals surface area contributed by atoms with Crippen molar-refractivity contribution in [1.29, 1.82) is 0 Å². The van der Waals surface area contributed by atoms with Crippen LogP contribution in [-0.2, 0) is 0 Å². The van der Waals surface area contributed by atoms with Crippen molar-refractivity contribution < 1.29 is 4.39 Å². The van der Waals surface area contributed by atoms with Gasteiger partial charge in [-0.2, -0.15) is 0 Å². The molecule has 1 unspecified atom stereocenters. The highest BCUT2D eigenvalue weighted by atomic mass is 19.1. The minimum Gasteiger partial charge on any atom is -0.271 e. The molecule has 0 amide bonds. The fraction of sp³-hybridized carbons (Fsp3) is 1.00. The van der Waals surface area contributed by atoms with Crippen LogP contribution < -0.4 is 0 Å². The van der Waals surface area contributed by atoms with Gasteiger partial charge < -0.3 is 0 Å². The van der Waals surface area contributed by atoms with Crippen molar-refractivity contribution in [3.8, 4) is 0 Å². The number of piperidine rings is 1. The molecule has 1 aliphatic carbocycles. The quantitative estimate of drug-likeness (QED) is 0.567. The molecule has 1 saturated heterocycles. The molecule has 13 heavy (non-hydrogen) atoms. The molecule has 1 saturated carbocycles. The third-order valence-electron chi connectivity index (χ3n) is 3.51. The lowest BCUT2D eigenvalue weighted by Gasteiger charge is -2.39. The standard InChI is InChI=1S/C11H20FN/c12-11-8-4-5-9-13(11)10-6-2-1-3-7-10/h10-11H,1-9H2. The Hall–Kier alpha value is -0.110. The predicted molar refractivity (Wildman–Crippen MR) is 52.3 cm³/mol. The van der Waals surface area contributed by atoms with Gasteiger partial charge in [-0.25, -0.2) is 4.39 Å². The lowest BCUT2D eigenvalue weighted by Crippen LogP contribution is -2.44. The van der Waals surface area contributed by atoms with E-state index in [4.69, 9.17) is 0 Å². The first-order valence-corrected chi connectivity index (χ1v) is 5.78. The Morgan fingerprint density at radius 2 is 1.54 bits per heavy atom. The van der Waals surface area contributed by atoms with Crippen LogP contribution in [0.15, 0.2) is 0 Å². The number of hydrogen-bond acceptors (Lipinski definition) is 1. The maximum Gasteiger partial charge on any atom is 0.153 e. The Bertz CT molecular complexity index is 154. The van der Waals surface area contributed by atoms with Crippen molar-refractivity contribution in [2.24, 2.45) is 0 Å². The van der Waals surface area contributed by atoms with Gasteiger partial charge in [-0.3, -0.25) is 4.90 Å². The topological polar surface area (TPSA) is 3.24 Å². The molecule has 0 aromatic rings. The highest BCUT2D eigenvalue weighted by Crippen LogP contribution is 2.28. The minimum atomic E-state index is -0.628. The van der Waals surface area contributed by atoms with Crippen molar-refractivity contribution in [1.82, 2.24) is 4.90 Å². The molecular weight excluding hydrogens is 165 g/mol. The summed E-state index contributed by atoms with van der Waals surface area (Å²) in [6.07, 6.45) is 8.90. The van der Waals surface area contributed by atoms with Crippen molar-refractivity contribution in [3.63, 3.8) is 0 Å². The molecule has 0 radical (unpaired) electrons. The van der Waals surface area contributed by atoms with E-state index in [1.807, 2.05) is 0 Å². The van der Waals surface area contributed by atoms with E-state index in [0.717, 1.165) is 19.4 Å². The summed E-state index contributed by atoms with van der Waals surface area (Å²) in [5.41, 5.74) is 0. The smallest absolute Gasteiger partial charge is 0.153 e. The van der Waals surface area contributed by atoms with Crippen molar-refractivity contribution in [2.45, 2.75) is 63.7 Å². The maximum absolute atomic E-state index is 13.6. The Kier molecular flexibility index (Phi) is 3.20. The van der Waals surface area contributed by atoms with Crippen molar-refractivity contribution in [3.05, 3.63) is 0 Å². The summed E-state index contributed by atoms with van der Waals surface area (Å²) >= 11 is 0. The zero-order valence-electron chi connectivity index (χ0n) is 8.34. The van der Waals surface area contributed by atoms with Crippen LogP contribution in [0.25, 0.3) is 0 Å². The van der Waals surface area contributed by atoms with Crippen LogP contribution >= 0.6 is 0 Å². The Morgan fingerprint density at radius 3 is 2.23 bits per heavy atom. The molecule has 1 nitrogen and oxygen atoms in total. The molecule has 76 valence electrons. The predicted octanol–water partition coefficient (Wildman–Crippen LogP) is 3.10. The first-order valence-electron chi connectivity index (χ1n) is 5.78. The Morgan fingerprint density at radius 1 is 0.846 bits per heavy atom. The van der Waals surface area contributed by atoms with E-state index >= 15 is 0 Å². The van der Waals surface area contributed by atoms with Crippen LogP contribution in [-0.4, -0.2) is 23.8 Å². The fourth-order valence-corrected chi connectivity index (χ4v) is 2.74. The van der Waals surface area contributed by atoms with Gasteiger partial charge in [-0.05, 0) is 32.1 Å². The molecule has 1 atom stereocenters. The Balaban J connectivity index is 1.88. The minimum absolute atomic E-state index is 0.573. The van der Waals surface area contributed by atoms with Crippen LogP contribution in [0, 0.1) is 0 Å². The summed E-state index contributed by atoms with van der Waals surface area (Å²) in [4.78, 5) is 2.13. The van der Waals surface area contributed by atoms with Gasteiger partial charge in [0.05, 0.1) is 0 Å². The number of alkyl halides is 1. The van der Waals surface area contributed by atoms with E-state index in [0.29, 0.717) is 6.04 Å². The zero-order valence-corrected chi connectivity index (χ0v) is 8.34. The van der Waals surface area contributed by atoms with Gasteiger partial charge in [-0.1, -0.05) is 19.3 Å². The average Bonchev–Trinajstić information content (AvgIpc) is 2.20.